The van der Waals surface area contributed by atoms with E-state index >= 15 is 0 Å². The Hall–Kier alpha value is -0.750. The number of hydrogen-bond acceptors (Lipinski definition) is 4. The molecule has 1 aromatic carbocycles. The minimum atomic E-state index is 0.0903. The summed E-state index contributed by atoms with van der Waals surface area (Å²) < 4.78 is 6.26. The van der Waals surface area contributed by atoms with Crippen LogP contribution in [0.4, 0.5) is 0 Å². The lowest BCUT2D eigenvalue weighted by Gasteiger charge is -2.18. The van der Waals surface area contributed by atoms with Gasteiger partial charge in [0.1, 0.15) is 5.01 Å². The lowest BCUT2D eigenvalue weighted by atomic mass is 10.1. The maximum Gasteiger partial charge on any atom is 0.115 e. The number of aromatic nitrogens is 1. The monoisotopic (exact) mass is 368 g/mol. The van der Waals surface area contributed by atoms with Gasteiger partial charge in [-0.2, -0.15) is 0 Å². The van der Waals surface area contributed by atoms with Crippen molar-refractivity contribution in [1.29, 1.82) is 0 Å². The predicted octanol–water partition coefficient (Wildman–Crippen LogP) is 4.16. The van der Waals surface area contributed by atoms with Crippen molar-refractivity contribution in [2.45, 2.75) is 26.8 Å². The van der Waals surface area contributed by atoms with E-state index in [9.17, 15) is 0 Å². The lowest BCUT2D eigenvalue weighted by molar-refractivity contribution is 0.197. The maximum absolute atomic E-state index is 5.15. The van der Waals surface area contributed by atoms with Crippen molar-refractivity contribution >= 4 is 27.3 Å². The van der Waals surface area contributed by atoms with Crippen LogP contribution in [-0.2, 0) is 4.74 Å². The highest BCUT2D eigenvalue weighted by molar-refractivity contribution is 9.10. The molecule has 0 fully saturated rings. The standard InChI is InChI=1S/C16H21BrN2OS/c1-10-5-6-13(14(17)9-10)15(18-7-8-20-4)16-19-11(2)12(3)21-16/h5-6,9,15,18H,7-8H2,1-4H3. The zero-order valence-electron chi connectivity index (χ0n) is 12.9. The Labute approximate surface area is 138 Å². The highest BCUT2D eigenvalue weighted by Crippen LogP contribution is 2.32. The molecule has 0 bridgehead atoms. The minimum Gasteiger partial charge on any atom is -0.383 e. The largest absolute Gasteiger partial charge is 0.383 e. The maximum atomic E-state index is 5.15. The van der Waals surface area contributed by atoms with Crippen LogP contribution in [0.25, 0.3) is 0 Å². The summed E-state index contributed by atoms with van der Waals surface area (Å²) in [6, 6.07) is 6.54. The fraction of sp³-hybridized carbons (Fsp3) is 0.438. The van der Waals surface area contributed by atoms with Crippen molar-refractivity contribution in [1.82, 2.24) is 10.3 Å². The number of hydrogen-bond donors (Lipinski definition) is 1. The molecule has 114 valence electrons. The van der Waals surface area contributed by atoms with Crippen molar-refractivity contribution in [3.05, 3.63) is 49.4 Å². The van der Waals surface area contributed by atoms with Crippen LogP contribution < -0.4 is 5.32 Å². The molecule has 0 spiro atoms. The van der Waals surface area contributed by atoms with Crippen LogP contribution in [0, 0.1) is 20.8 Å². The van der Waals surface area contributed by atoms with Crippen LogP contribution in [0.5, 0.6) is 0 Å². The van der Waals surface area contributed by atoms with E-state index in [2.05, 4.69) is 60.2 Å². The molecule has 2 aromatic rings. The molecule has 3 nitrogen and oxygen atoms in total. The van der Waals surface area contributed by atoms with Gasteiger partial charge in [-0.3, -0.25) is 0 Å². The Balaban J connectivity index is 2.35. The van der Waals surface area contributed by atoms with Gasteiger partial charge >= 0.3 is 0 Å². The van der Waals surface area contributed by atoms with Crippen LogP contribution in [0.3, 0.4) is 0 Å². The fourth-order valence-corrected chi connectivity index (χ4v) is 3.86. The number of aryl methyl sites for hydroxylation is 3. The van der Waals surface area contributed by atoms with E-state index in [1.165, 1.54) is 16.0 Å². The molecule has 0 aliphatic rings. The smallest absolute Gasteiger partial charge is 0.115 e. The first-order valence-corrected chi connectivity index (χ1v) is 8.56. The van der Waals surface area contributed by atoms with E-state index < -0.39 is 0 Å². The lowest BCUT2D eigenvalue weighted by Crippen LogP contribution is -2.26. The molecule has 1 unspecified atom stereocenters. The van der Waals surface area contributed by atoms with Crippen LogP contribution >= 0.6 is 27.3 Å². The first-order chi connectivity index (χ1) is 10.0. The third-order valence-electron chi connectivity index (χ3n) is 3.41. The second-order valence-corrected chi connectivity index (χ2v) is 7.19. The molecular weight excluding hydrogens is 348 g/mol. The van der Waals surface area contributed by atoms with E-state index in [1.54, 1.807) is 18.4 Å². The molecule has 1 N–H and O–H groups in total. The predicted molar refractivity (Wildman–Crippen MR) is 92.2 cm³/mol. The topological polar surface area (TPSA) is 34.1 Å². The molecule has 21 heavy (non-hydrogen) atoms. The number of rotatable bonds is 6. The molecule has 1 heterocycles. The van der Waals surface area contributed by atoms with Gasteiger partial charge in [-0.1, -0.05) is 28.1 Å². The van der Waals surface area contributed by atoms with E-state index in [1.807, 2.05) is 0 Å². The van der Waals surface area contributed by atoms with Gasteiger partial charge in [-0.25, -0.2) is 4.98 Å². The second-order valence-electron chi connectivity index (χ2n) is 5.10. The Morgan fingerprint density at radius 3 is 2.67 bits per heavy atom. The summed E-state index contributed by atoms with van der Waals surface area (Å²) in [5.74, 6) is 0. The molecule has 0 radical (unpaired) electrons. The summed E-state index contributed by atoms with van der Waals surface area (Å²) in [7, 11) is 1.72. The van der Waals surface area contributed by atoms with Crippen molar-refractivity contribution in [2.24, 2.45) is 0 Å². The average molecular weight is 369 g/mol. The molecule has 1 aromatic heterocycles. The van der Waals surface area contributed by atoms with E-state index in [0.717, 1.165) is 21.7 Å². The van der Waals surface area contributed by atoms with Gasteiger partial charge in [0, 0.05) is 23.0 Å². The highest BCUT2D eigenvalue weighted by atomic mass is 79.9. The summed E-state index contributed by atoms with van der Waals surface area (Å²) in [6.07, 6.45) is 0. The Morgan fingerprint density at radius 1 is 1.33 bits per heavy atom. The third kappa shape index (κ3) is 4.13. The Kier molecular flexibility index (Phi) is 5.93. The van der Waals surface area contributed by atoms with Gasteiger partial charge < -0.3 is 10.1 Å². The first kappa shape index (κ1) is 16.6. The van der Waals surface area contributed by atoms with E-state index in [0.29, 0.717) is 6.61 Å². The number of methoxy groups -OCH3 is 1. The number of nitrogens with zero attached hydrogens (tertiary/aromatic N) is 1. The zero-order valence-corrected chi connectivity index (χ0v) is 15.3. The Morgan fingerprint density at radius 2 is 2.10 bits per heavy atom. The van der Waals surface area contributed by atoms with E-state index in [-0.39, 0.29) is 6.04 Å². The molecule has 0 aliphatic carbocycles. The van der Waals surface area contributed by atoms with Crippen molar-refractivity contribution in [2.75, 3.05) is 20.3 Å². The molecule has 0 saturated carbocycles. The van der Waals surface area contributed by atoms with Crippen molar-refractivity contribution < 1.29 is 4.74 Å². The molecule has 0 saturated heterocycles. The number of benzene rings is 1. The van der Waals surface area contributed by atoms with Gasteiger partial charge in [0.2, 0.25) is 0 Å². The summed E-state index contributed by atoms with van der Waals surface area (Å²) in [4.78, 5) is 5.99. The summed E-state index contributed by atoms with van der Waals surface area (Å²) in [6.45, 7) is 7.75. The highest BCUT2D eigenvalue weighted by Gasteiger charge is 2.20. The Bertz CT molecular complexity index is 593. The van der Waals surface area contributed by atoms with Gasteiger partial charge in [0.05, 0.1) is 18.3 Å². The summed E-state index contributed by atoms with van der Waals surface area (Å²) >= 11 is 5.44. The summed E-state index contributed by atoms with van der Waals surface area (Å²) in [5.41, 5.74) is 3.56. The molecule has 5 heteroatoms. The first-order valence-electron chi connectivity index (χ1n) is 6.95. The average Bonchev–Trinajstić information content (AvgIpc) is 2.76. The van der Waals surface area contributed by atoms with Gasteiger partial charge in [0.25, 0.3) is 0 Å². The molecule has 0 aliphatic heterocycles. The second kappa shape index (κ2) is 7.49. The fourth-order valence-electron chi connectivity index (χ4n) is 2.12. The molecule has 1 atom stereocenters. The van der Waals surface area contributed by atoms with Crippen LogP contribution in [0.1, 0.15) is 32.7 Å². The number of halogens is 1. The third-order valence-corrected chi connectivity index (χ3v) is 5.24. The van der Waals surface area contributed by atoms with Crippen molar-refractivity contribution in [3.8, 4) is 0 Å². The van der Waals surface area contributed by atoms with Crippen LogP contribution in [-0.4, -0.2) is 25.2 Å². The van der Waals surface area contributed by atoms with Gasteiger partial charge in [-0.15, -0.1) is 11.3 Å². The number of thiazole rings is 1. The number of nitrogens with one attached hydrogen (secondary N) is 1. The van der Waals surface area contributed by atoms with Crippen molar-refractivity contribution in [3.63, 3.8) is 0 Å². The SMILES string of the molecule is COCCNC(c1nc(C)c(C)s1)c1ccc(C)cc1Br. The normalized spacial score (nSPS) is 12.6. The van der Waals surface area contributed by atoms with Crippen LogP contribution in [0.15, 0.2) is 22.7 Å². The van der Waals surface area contributed by atoms with Gasteiger partial charge in [-0.05, 0) is 38.0 Å². The molecular formula is C16H21BrN2OS. The zero-order chi connectivity index (χ0) is 15.4. The van der Waals surface area contributed by atoms with Crippen LogP contribution in [0.2, 0.25) is 0 Å². The van der Waals surface area contributed by atoms with E-state index in [4.69, 9.17) is 9.72 Å². The number of ether oxygens (including phenoxy) is 1. The van der Waals surface area contributed by atoms with Gasteiger partial charge in [0.15, 0.2) is 0 Å². The quantitative estimate of drug-likeness (QED) is 0.777. The molecule has 0 amide bonds. The summed E-state index contributed by atoms with van der Waals surface area (Å²) in [5, 5.41) is 4.65. The molecule has 2 rings (SSSR count). The minimum absolute atomic E-state index is 0.0903.